The molecule has 3 aliphatic carbocycles. The van der Waals surface area contributed by atoms with Crippen molar-refractivity contribution in [2.24, 2.45) is 23.5 Å². The maximum atomic E-state index is 12.4. The molecule has 144 valence electrons. The second-order valence-electron chi connectivity index (χ2n) is 8.14. The summed E-state index contributed by atoms with van der Waals surface area (Å²) in [4.78, 5) is 24.4. The Morgan fingerprint density at radius 2 is 1.56 bits per heavy atom. The van der Waals surface area contributed by atoms with Gasteiger partial charge in [0.1, 0.15) is 0 Å². The van der Waals surface area contributed by atoms with E-state index in [0.29, 0.717) is 36.9 Å². The fraction of sp³-hybridized carbons (Fsp3) is 0.895. The third-order valence-electron chi connectivity index (χ3n) is 6.41. The van der Waals surface area contributed by atoms with Gasteiger partial charge in [-0.2, -0.15) is 0 Å². The lowest BCUT2D eigenvalue weighted by atomic mass is 9.65. The van der Waals surface area contributed by atoms with Crippen LogP contribution in [0.25, 0.3) is 0 Å². The van der Waals surface area contributed by atoms with Crippen LogP contribution >= 0.6 is 12.4 Å². The van der Waals surface area contributed by atoms with Gasteiger partial charge in [0.25, 0.3) is 0 Å². The molecule has 2 unspecified atom stereocenters. The molecule has 0 aromatic rings. The van der Waals surface area contributed by atoms with Gasteiger partial charge < -0.3 is 16.4 Å². The van der Waals surface area contributed by atoms with Gasteiger partial charge in [-0.25, -0.2) is 0 Å². The minimum absolute atomic E-state index is 0. The average molecular weight is 372 g/mol. The van der Waals surface area contributed by atoms with E-state index in [0.717, 1.165) is 25.7 Å². The van der Waals surface area contributed by atoms with E-state index in [9.17, 15) is 9.59 Å². The standard InChI is InChI=1S/C19H33N3O2.ClH/c20-18-13-5-4-6-14(18)12-15(11-13)19(24)21-10-9-17(23)22-16-7-2-1-3-8-16;/h13-16,18H,1-12,20H2,(H,21,24)(H,22,23);1H. The molecule has 2 amide bonds. The average Bonchev–Trinajstić information content (AvgIpc) is 2.55. The molecule has 2 bridgehead atoms. The Hall–Kier alpha value is -0.810. The molecule has 3 aliphatic rings. The third-order valence-corrected chi connectivity index (χ3v) is 6.41. The molecule has 3 saturated carbocycles. The van der Waals surface area contributed by atoms with E-state index in [4.69, 9.17) is 5.73 Å². The minimum Gasteiger partial charge on any atom is -0.355 e. The molecule has 6 heteroatoms. The Balaban J connectivity index is 0.00000225. The van der Waals surface area contributed by atoms with Crippen molar-refractivity contribution in [3.8, 4) is 0 Å². The SMILES string of the molecule is Cl.NC1C2CCCC1CC(C(=O)NCCC(=O)NC1CCCCC1)C2. The summed E-state index contributed by atoms with van der Waals surface area (Å²) < 4.78 is 0. The zero-order valence-electron chi connectivity index (χ0n) is 15.2. The first-order valence-corrected chi connectivity index (χ1v) is 9.96. The zero-order valence-corrected chi connectivity index (χ0v) is 16.0. The molecule has 25 heavy (non-hydrogen) atoms. The first-order valence-electron chi connectivity index (χ1n) is 9.96. The van der Waals surface area contributed by atoms with E-state index in [2.05, 4.69) is 10.6 Å². The predicted octanol–water partition coefficient (Wildman–Crippen LogP) is 2.52. The topological polar surface area (TPSA) is 84.2 Å². The number of nitrogens with one attached hydrogen (secondary N) is 2. The third kappa shape index (κ3) is 5.58. The molecular weight excluding hydrogens is 338 g/mol. The number of hydrogen-bond acceptors (Lipinski definition) is 3. The van der Waals surface area contributed by atoms with Crippen molar-refractivity contribution in [2.75, 3.05) is 6.54 Å². The van der Waals surface area contributed by atoms with E-state index < -0.39 is 0 Å². The monoisotopic (exact) mass is 371 g/mol. The van der Waals surface area contributed by atoms with Crippen molar-refractivity contribution in [1.29, 1.82) is 0 Å². The lowest BCUT2D eigenvalue weighted by molar-refractivity contribution is -0.128. The Labute approximate surface area is 157 Å². The molecule has 4 N–H and O–H groups in total. The van der Waals surface area contributed by atoms with Gasteiger partial charge in [0.15, 0.2) is 0 Å². The van der Waals surface area contributed by atoms with E-state index in [1.807, 2.05) is 0 Å². The van der Waals surface area contributed by atoms with Gasteiger partial charge >= 0.3 is 0 Å². The fourth-order valence-corrected chi connectivity index (χ4v) is 4.99. The Bertz CT molecular complexity index is 440. The molecule has 3 rings (SSSR count). The quantitative estimate of drug-likeness (QED) is 0.694. The molecule has 0 spiro atoms. The van der Waals surface area contributed by atoms with Crippen molar-refractivity contribution in [1.82, 2.24) is 10.6 Å². The molecular formula is C19H34ClN3O2. The van der Waals surface area contributed by atoms with Crippen LogP contribution in [0.15, 0.2) is 0 Å². The van der Waals surface area contributed by atoms with E-state index in [1.165, 1.54) is 38.5 Å². The molecule has 0 radical (unpaired) electrons. The summed E-state index contributed by atoms with van der Waals surface area (Å²) in [5.74, 6) is 1.33. The number of carbonyl (C=O) groups excluding carboxylic acids is 2. The van der Waals surface area contributed by atoms with Gasteiger partial charge in [-0.1, -0.05) is 25.7 Å². The van der Waals surface area contributed by atoms with Crippen LogP contribution in [-0.2, 0) is 9.59 Å². The highest BCUT2D eigenvalue weighted by atomic mass is 35.5. The highest BCUT2D eigenvalue weighted by molar-refractivity contribution is 5.85. The molecule has 0 aromatic heterocycles. The number of carbonyl (C=O) groups is 2. The second-order valence-corrected chi connectivity index (χ2v) is 8.14. The van der Waals surface area contributed by atoms with Crippen LogP contribution in [0.1, 0.15) is 70.6 Å². The maximum absolute atomic E-state index is 12.4. The zero-order chi connectivity index (χ0) is 16.9. The summed E-state index contributed by atoms with van der Waals surface area (Å²) in [6.45, 7) is 0.454. The van der Waals surface area contributed by atoms with E-state index in [-0.39, 0.29) is 30.1 Å². The summed E-state index contributed by atoms with van der Waals surface area (Å²) in [5, 5.41) is 6.09. The van der Waals surface area contributed by atoms with Crippen LogP contribution in [0.3, 0.4) is 0 Å². The van der Waals surface area contributed by atoms with Gasteiger partial charge in [-0.3, -0.25) is 9.59 Å². The number of rotatable bonds is 5. The normalized spacial score (nSPS) is 32.4. The van der Waals surface area contributed by atoms with Crippen LogP contribution in [0, 0.1) is 17.8 Å². The summed E-state index contributed by atoms with van der Waals surface area (Å²) in [5.41, 5.74) is 6.29. The van der Waals surface area contributed by atoms with Crippen LogP contribution in [-0.4, -0.2) is 30.4 Å². The largest absolute Gasteiger partial charge is 0.355 e. The molecule has 0 heterocycles. The van der Waals surface area contributed by atoms with Gasteiger partial charge in [0, 0.05) is 31.0 Å². The first-order chi connectivity index (χ1) is 11.6. The lowest BCUT2D eigenvalue weighted by Crippen LogP contribution is -2.49. The first kappa shape index (κ1) is 20.5. The highest BCUT2D eigenvalue weighted by Crippen LogP contribution is 2.41. The van der Waals surface area contributed by atoms with Crippen molar-refractivity contribution in [3.63, 3.8) is 0 Å². The van der Waals surface area contributed by atoms with Crippen LogP contribution < -0.4 is 16.4 Å². The van der Waals surface area contributed by atoms with Gasteiger partial charge in [0.05, 0.1) is 0 Å². The number of fused-ring (bicyclic) bond motifs is 2. The van der Waals surface area contributed by atoms with Crippen LogP contribution in [0.4, 0.5) is 0 Å². The summed E-state index contributed by atoms with van der Waals surface area (Å²) in [6.07, 6.45) is 11.8. The molecule has 0 saturated heterocycles. The smallest absolute Gasteiger partial charge is 0.223 e. The summed E-state index contributed by atoms with van der Waals surface area (Å²) in [6, 6.07) is 0.644. The van der Waals surface area contributed by atoms with Crippen molar-refractivity contribution in [2.45, 2.75) is 82.7 Å². The lowest BCUT2D eigenvalue weighted by Gasteiger charge is -2.43. The van der Waals surface area contributed by atoms with Gasteiger partial charge in [0.2, 0.25) is 11.8 Å². The van der Waals surface area contributed by atoms with Crippen molar-refractivity contribution < 1.29 is 9.59 Å². The highest BCUT2D eigenvalue weighted by Gasteiger charge is 2.40. The minimum atomic E-state index is 0. The van der Waals surface area contributed by atoms with E-state index >= 15 is 0 Å². The van der Waals surface area contributed by atoms with Crippen LogP contribution in [0.5, 0.6) is 0 Å². The fourth-order valence-electron chi connectivity index (χ4n) is 4.99. The van der Waals surface area contributed by atoms with Crippen LogP contribution in [0.2, 0.25) is 0 Å². The van der Waals surface area contributed by atoms with Gasteiger partial charge in [-0.05, 0) is 50.4 Å². The summed E-state index contributed by atoms with van der Waals surface area (Å²) in [7, 11) is 0. The van der Waals surface area contributed by atoms with E-state index in [1.54, 1.807) is 0 Å². The second kappa shape index (κ2) is 9.77. The molecule has 0 aliphatic heterocycles. The van der Waals surface area contributed by atoms with Crippen molar-refractivity contribution in [3.05, 3.63) is 0 Å². The number of amides is 2. The molecule has 0 aromatic carbocycles. The molecule has 2 atom stereocenters. The molecule has 5 nitrogen and oxygen atoms in total. The van der Waals surface area contributed by atoms with Gasteiger partial charge in [-0.15, -0.1) is 12.4 Å². The number of halogens is 1. The number of hydrogen-bond donors (Lipinski definition) is 3. The Kier molecular flexibility index (Phi) is 8.01. The maximum Gasteiger partial charge on any atom is 0.223 e. The summed E-state index contributed by atoms with van der Waals surface area (Å²) >= 11 is 0. The number of nitrogens with two attached hydrogens (primary N) is 1. The van der Waals surface area contributed by atoms with Crippen molar-refractivity contribution >= 4 is 24.2 Å². The molecule has 3 fully saturated rings. The Morgan fingerprint density at radius 1 is 0.920 bits per heavy atom. The predicted molar refractivity (Wildman–Crippen MR) is 101 cm³/mol. The Morgan fingerprint density at radius 3 is 2.20 bits per heavy atom.